The zero-order valence-electron chi connectivity index (χ0n) is 16.4. The number of ether oxygens (including phenoxy) is 1. The van der Waals surface area contributed by atoms with Crippen molar-refractivity contribution < 1.29 is 14.3 Å². The maximum Gasteiger partial charge on any atom is 0.342 e. The summed E-state index contributed by atoms with van der Waals surface area (Å²) in [5.74, 6) is -0.860. The summed E-state index contributed by atoms with van der Waals surface area (Å²) in [6.45, 7) is 3.56. The van der Waals surface area contributed by atoms with Gasteiger partial charge in [-0.25, -0.2) is 9.48 Å². The molecular formula is C22H23N3O3. The first-order valence-corrected chi connectivity index (χ1v) is 9.01. The molecule has 0 spiro atoms. The standard InChI is InChI=1S/C22H23N3O3/c1-15-10-12-17(13-11-15)20-19(22(27)28-16(2)21(26)24(3)4)14-25(23-20)18-8-6-5-7-9-18/h5-14,16H,1-4H3/t16-/m1/s1. The Kier molecular flexibility index (Phi) is 5.59. The molecule has 0 bridgehead atoms. The van der Waals surface area contributed by atoms with Crippen LogP contribution in [0.5, 0.6) is 0 Å². The fraction of sp³-hybridized carbons (Fsp3) is 0.227. The van der Waals surface area contributed by atoms with Crippen molar-refractivity contribution in [2.75, 3.05) is 14.1 Å². The average molecular weight is 377 g/mol. The predicted octanol–water partition coefficient (Wildman–Crippen LogP) is 3.48. The van der Waals surface area contributed by atoms with Gasteiger partial charge in [-0.2, -0.15) is 5.10 Å². The van der Waals surface area contributed by atoms with E-state index in [9.17, 15) is 9.59 Å². The summed E-state index contributed by atoms with van der Waals surface area (Å²) in [5.41, 5.74) is 3.57. The lowest BCUT2D eigenvalue weighted by Crippen LogP contribution is -2.34. The van der Waals surface area contributed by atoms with Crippen LogP contribution in [0.2, 0.25) is 0 Å². The molecule has 0 radical (unpaired) electrons. The van der Waals surface area contributed by atoms with E-state index < -0.39 is 12.1 Å². The number of amides is 1. The van der Waals surface area contributed by atoms with Crippen LogP contribution in [-0.2, 0) is 9.53 Å². The third kappa shape index (κ3) is 4.11. The maximum absolute atomic E-state index is 12.8. The molecule has 144 valence electrons. The molecule has 0 saturated carbocycles. The van der Waals surface area contributed by atoms with E-state index in [1.54, 1.807) is 31.9 Å². The van der Waals surface area contributed by atoms with E-state index in [1.807, 2.05) is 61.5 Å². The summed E-state index contributed by atoms with van der Waals surface area (Å²) in [6.07, 6.45) is 0.758. The number of aryl methyl sites for hydroxylation is 1. The number of aromatic nitrogens is 2. The summed E-state index contributed by atoms with van der Waals surface area (Å²) in [6, 6.07) is 17.3. The van der Waals surface area contributed by atoms with Crippen LogP contribution in [0.3, 0.4) is 0 Å². The fourth-order valence-electron chi connectivity index (χ4n) is 2.80. The molecule has 6 nitrogen and oxygen atoms in total. The summed E-state index contributed by atoms with van der Waals surface area (Å²) in [4.78, 5) is 26.3. The van der Waals surface area contributed by atoms with Crippen molar-refractivity contribution in [3.63, 3.8) is 0 Å². The van der Waals surface area contributed by atoms with Crippen LogP contribution in [0.15, 0.2) is 60.8 Å². The molecule has 2 aromatic carbocycles. The van der Waals surface area contributed by atoms with Gasteiger partial charge < -0.3 is 9.64 Å². The van der Waals surface area contributed by atoms with Gasteiger partial charge in [-0.15, -0.1) is 0 Å². The minimum absolute atomic E-state index is 0.277. The molecule has 0 saturated heterocycles. The van der Waals surface area contributed by atoms with Gasteiger partial charge in [-0.1, -0.05) is 48.0 Å². The lowest BCUT2D eigenvalue weighted by Gasteiger charge is -2.17. The lowest BCUT2D eigenvalue weighted by atomic mass is 10.1. The van der Waals surface area contributed by atoms with Gasteiger partial charge in [0.15, 0.2) is 6.10 Å². The highest BCUT2D eigenvalue weighted by molar-refractivity contribution is 5.97. The van der Waals surface area contributed by atoms with E-state index in [0.29, 0.717) is 11.3 Å². The van der Waals surface area contributed by atoms with Gasteiger partial charge in [0.05, 0.1) is 5.69 Å². The van der Waals surface area contributed by atoms with Crippen LogP contribution in [0.1, 0.15) is 22.8 Å². The van der Waals surface area contributed by atoms with Gasteiger partial charge in [-0.05, 0) is 26.0 Å². The van der Waals surface area contributed by atoms with Crippen molar-refractivity contribution >= 4 is 11.9 Å². The Bertz CT molecular complexity index is 976. The monoisotopic (exact) mass is 377 g/mol. The van der Waals surface area contributed by atoms with E-state index in [0.717, 1.165) is 16.8 Å². The molecule has 0 N–H and O–H groups in total. The van der Waals surface area contributed by atoms with Crippen LogP contribution >= 0.6 is 0 Å². The SMILES string of the molecule is Cc1ccc(-c2nn(-c3ccccc3)cc2C(=O)O[C@H](C)C(=O)N(C)C)cc1. The van der Waals surface area contributed by atoms with Gasteiger partial charge >= 0.3 is 5.97 Å². The molecule has 1 atom stereocenters. The third-order valence-electron chi connectivity index (χ3n) is 4.35. The molecule has 0 fully saturated rings. The van der Waals surface area contributed by atoms with Gasteiger partial charge in [0.1, 0.15) is 11.3 Å². The molecule has 0 aliphatic heterocycles. The molecule has 6 heteroatoms. The number of likely N-dealkylation sites (N-methyl/N-ethyl adjacent to an activating group) is 1. The van der Waals surface area contributed by atoms with Crippen LogP contribution in [-0.4, -0.2) is 46.8 Å². The second-order valence-electron chi connectivity index (χ2n) is 6.82. The Balaban J connectivity index is 2.00. The van der Waals surface area contributed by atoms with Crippen molar-refractivity contribution in [2.45, 2.75) is 20.0 Å². The van der Waals surface area contributed by atoms with Crippen molar-refractivity contribution in [3.05, 3.63) is 71.9 Å². The van der Waals surface area contributed by atoms with Crippen molar-refractivity contribution in [1.29, 1.82) is 0 Å². The summed E-state index contributed by atoms with van der Waals surface area (Å²) in [7, 11) is 3.25. The highest BCUT2D eigenvalue weighted by atomic mass is 16.5. The second-order valence-corrected chi connectivity index (χ2v) is 6.82. The molecule has 0 aliphatic carbocycles. The molecule has 28 heavy (non-hydrogen) atoms. The smallest absolute Gasteiger partial charge is 0.342 e. The van der Waals surface area contributed by atoms with Crippen LogP contribution in [0, 0.1) is 6.92 Å². The Morgan fingerprint density at radius 1 is 1.04 bits per heavy atom. The first-order valence-electron chi connectivity index (χ1n) is 9.01. The van der Waals surface area contributed by atoms with Gasteiger partial charge in [-0.3, -0.25) is 4.79 Å². The highest BCUT2D eigenvalue weighted by Gasteiger charge is 2.25. The van der Waals surface area contributed by atoms with Crippen LogP contribution in [0.4, 0.5) is 0 Å². The van der Waals surface area contributed by atoms with Crippen molar-refractivity contribution in [3.8, 4) is 16.9 Å². The number of rotatable bonds is 5. The maximum atomic E-state index is 12.8. The van der Waals surface area contributed by atoms with Crippen LogP contribution in [0.25, 0.3) is 16.9 Å². The number of esters is 1. The number of hydrogen-bond acceptors (Lipinski definition) is 4. The normalized spacial score (nSPS) is 11.7. The Morgan fingerprint density at radius 3 is 2.29 bits per heavy atom. The van der Waals surface area contributed by atoms with E-state index in [1.165, 1.54) is 4.90 Å². The molecule has 1 heterocycles. The average Bonchev–Trinajstić information content (AvgIpc) is 3.14. The number of carbonyl (C=O) groups excluding carboxylic acids is 2. The Morgan fingerprint density at radius 2 is 1.68 bits per heavy atom. The molecule has 0 unspecified atom stereocenters. The molecule has 0 aliphatic rings. The molecule has 1 amide bonds. The third-order valence-corrected chi connectivity index (χ3v) is 4.35. The topological polar surface area (TPSA) is 64.4 Å². The summed E-state index contributed by atoms with van der Waals surface area (Å²) >= 11 is 0. The number of carbonyl (C=O) groups is 2. The number of benzene rings is 2. The lowest BCUT2D eigenvalue weighted by molar-refractivity contribution is -0.137. The van der Waals surface area contributed by atoms with E-state index in [2.05, 4.69) is 5.10 Å². The zero-order chi connectivity index (χ0) is 20.3. The molecule has 1 aromatic heterocycles. The van der Waals surface area contributed by atoms with Gasteiger partial charge in [0, 0.05) is 25.9 Å². The summed E-state index contributed by atoms with van der Waals surface area (Å²) < 4.78 is 7.05. The van der Waals surface area contributed by atoms with Crippen molar-refractivity contribution in [1.82, 2.24) is 14.7 Å². The second kappa shape index (κ2) is 8.08. The quantitative estimate of drug-likeness (QED) is 0.639. The largest absolute Gasteiger partial charge is 0.449 e. The van der Waals surface area contributed by atoms with Gasteiger partial charge in [0.25, 0.3) is 5.91 Å². The Labute approximate surface area is 164 Å². The number of nitrogens with zero attached hydrogens (tertiary/aromatic N) is 3. The van der Waals surface area contributed by atoms with E-state index in [4.69, 9.17) is 4.74 Å². The van der Waals surface area contributed by atoms with E-state index in [-0.39, 0.29) is 5.91 Å². The van der Waals surface area contributed by atoms with Crippen molar-refractivity contribution in [2.24, 2.45) is 0 Å². The van der Waals surface area contributed by atoms with E-state index >= 15 is 0 Å². The van der Waals surface area contributed by atoms with Gasteiger partial charge in [0.2, 0.25) is 0 Å². The Hall–Kier alpha value is -3.41. The number of para-hydroxylation sites is 1. The first kappa shape index (κ1) is 19.4. The first-order chi connectivity index (χ1) is 13.4. The molecule has 3 aromatic rings. The van der Waals surface area contributed by atoms with Crippen LogP contribution < -0.4 is 0 Å². The molecular weight excluding hydrogens is 354 g/mol. The minimum Gasteiger partial charge on any atom is -0.449 e. The minimum atomic E-state index is -0.881. The zero-order valence-corrected chi connectivity index (χ0v) is 16.4. The predicted molar refractivity (Wildman–Crippen MR) is 107 cm³/mol. The fourth-order valence-corrected chi connectivity index (χ4v) is 2.80. The molecule has 3 rings (SSSR count). The summed E-state index contributed by atoms with van der Waals surface area (Å²) in [5, 5.41) is 4.61. The highest BCUT2D eigenvalue weighted by Crippen LogP contribution is 2.25. The number of hydrogen-bond donors (Lipinski definition) is 0.